The van der Waals surface area contributed by atoms with Gasteiger partial charge in [-0.05, 0) is 63.6 Å². The Morgan fingerprint density at radius 1 is 0.923 bits per heavy atom. The van der Waals surface area contributed by atoms with E-state index in [1.807, 2.05) is 6.92 Å². The molecule has 1 heteroatoms. The van der Waals surface area contributed by atoms with Gasteiger partial charge < -0.3 is 0 Å². The van der Waals surface area contributed by atoms with Crippen molar-refractivity contribution in [2.45, 2.75) is 34.6 Å². The van der Waals surface area contributed by atoms with Gasteiger partial charge in [-0.25, -0.2) is 0 Å². The third-order valence-corrected chi connectivity index (χ3v) is 3.04. The average Bonchev–Trinajstić information content (AvgIpc) is 2.30. The van der Waals surface area contributed by atoms with E-state index in [9.17, 15) is 0 Å². The second-order valence-electron chi connectivity index (χ2n) is 3.62. The normalized spacial score (nSPS) is 17.2. The minimum Gasteiger partial charge on any atom is -0.269 e. The Balaban J connectivity index is 3.41. The summed E-state index contributed by atoms with van der Waals surface area (Å²) in [6.45, 7) is 14.2. The molecule has 0 aromatic heterocycles. The third-order valence-electron chi connectivity index (χ3n) is 3.04. The molecule has 0 spiro atoms. The number of allylic oxidation sites excluding steroid dienone is 6. The highest BCUT2D eigenvalue weighted by Gasteiger charge is 2.19. The van der Waals surface area contributed by atoms with Crippen molar-refractivity contribution >= 4 is 6.72 Å². The zero-order valence-corrected chi connectivity index (χ0v) is 9.15. The summed E-state index contributed by atoms with van der Waals surface area (Å²) in [5, 5.41) is 0. The van der Waals surface area contributed by atoms with Crippen LogP contribution in [-0.4, -0.2) is 6.72 Å². The zero-order valence-electron chi connectivity index (χ0n) is 9.15. The third kappa shape index (κ3) is 1.39. The molecular weight excluding hydrogens is 158 g/mol. The topological polar surface area (TPSA) is 12.4 Å². The number of hydrogen-bond acceptors (Lipinski definition) is 1. The number of rotatable bonds is 1. The van der Waals surface area contributed by atoms with Gasteiger partial charge in [-0.15, -0.1) is 0 Å². The van der Waals surface area contributed by atoms with Gasteiger partial charge in [0.2, 0.25) is 0 Å². The second-order valence-corrected chi connectivity index (χ2v) is 3.62. The Hall–Kier alpha value is -1.11. The van der Waals surface area contributed by atoms with Crippen LogP contribution in [0.25, 0.3) is 0 Å². The molecule has 0 heterocycles. The van der Waals surface area contributed by atoms with Crippen molar-refractivity contribution in [1.29, 1.82) is 0 Å². The zero-order chi connectivity index (χ0) is 10.2. The molecule has 1 rings (SSSR count). The van der Waals surface area contributed by atoms with Crippen LogP contribution in [0.5, 0.6) is 0 Å². The van der Waals surface area contributed by atoms with Crippen LogP contribution in [0.4, 0.5) is 0 Å². The van der Waals surface area contributed by atoms with Crippen molar-refractivity contribution in [2.24, 2.45) is 4.99 Å². The molecule has 0 aliphatic heterocycles. The first kappa shape index (κ1) is 9.97. The fourth-order valence-corrected chi connectivity index (χ4v) is 1.84. The first-order chi connectivity index (χ1) is 6.00. The lowest BCUT2D eigenvalue weighted by Crippen LogP contribution is -1.87. The SMILES string of the molecule is C=NC(C)=C1C(C)=C(C)C(C)=C1C. The summed E-state index contributed by atoms with van der Waals surface area (Å²) < 4.78 is 0. The van der Waals surface area contributed by atoms with Gasteiger partial charge in [0.25, 0.3) is 0 Å². The highest BCUT2D eigenvalue weighted by molar-refractivity contribution is 5.63. The first-order valence-corrected chi connectivity index (χ1v) is 4.54. The highest BCUT2D eigenvalue weighted by Crippen LogP contribution is 2.37. The molecule has 0 N–H and O–H groups in total. The standard InChI is InChI=1S/C12H17N/c1-7-8(2)10(4)12(9(7)3)11(5)13-6/h6H2,1-5H3. The van der Waals surface area contributed by atoms with Crippen LogP contribution in [0, 0.1) is 0 Å². The Bertz CT molecular complexity index is 325. The molecule has 0 saturated carbocycles. The molecule has 0 saturated heterocycles. The molecule has 1 aliphatic carbocycles. The maximum absolute atomic E-state index is 4.00. The molecular formula is C12H17N. The summed E-state index contributed by atoms with van der Waals surface area (Å²) in [4.78, 5) is 4.00. The molecule has 0 radical (unpaired) electrons. The van der Waals surface area contributed by atoms with E-state index in [-0.39, 0.29) is 0 Å². The summed E-state index contributed by atoms with van der Waals surface area (Å²) in [7, 11) is 0. The molecule has 1 nitrogen and oxygen atoms in total. The van der Waals surface area contributed by atoms with Crippen molar-refractivity contribution in [3.8, 4) is 0 Å². The molecule has 0 amide bonds. The van der Waals surface area contributed by atoms with E-state index >= 15 is 0 Å². The smallest absolute Gasteiger partial charge is 0.0443 e. The van der Waals surface area contributed by atoms with Crippen LogP contribution < -0.4 is 0 Å². The lowest BCUT2D eigenvalue weighted by Gasteiger charge is -2.05. The van der Waals surface area contributed by atoms with Crippen molar-refractivity contribution in [3.63, 3.8) is 0 Å². The fourth-order valence-electron chi connectivity index (χ4n) is 1.84. The van der Waals surface area contributed by atoms with Crippen LogP contribution in [0.3, 0.4) is 0 Å². The molecule has 0 aromatic carbocycles. The van der Waals surface area contributed by atoms with Gasteiger partial charge in [0.15, 0.2) is 0 Å². The molecule has 0 bridgehead atoms. The van der Waals surface area contributed by atoms with Crippen LogP contribution in [0.2, 0.25) is 0 Å². The summed E-state index contributed by atoms with van der Waals surface area (Å²) in [6, 6.07) is 0. The van der Waals surface area contributed by atoms with E-state index < -0.39 is 0 Å². The maximum Gasteiger partial charge on any atom is 0.0443 e. The molecule has 0 unspecified atom stereocenters. The molecule has 1 aliphatic rings. The summed E-state index contributed by atoms with van der Waals surface area (Å²) in [5.74, 6) is 0. The Morgan fingerprint density at radius 3 is 1.62 bits per heavy atom. The summed E-state index contributed by atoms with van der Waals surface area (Å²) >= 11 is 0. The van der Waals surface area contributed by atoms with Crippen LogP contribution in [0.1, 0.15) is 34.6 Å². The molecule has 0 fully saturated rings. The van der Waals surface area contributed by atoms with E-state index in [1.54, 1.807) is 0 Å². The quantitative estimate of drug-likeness (QED) is 0.539. The predicted octanol–water partition coefficient (Wildman–Crippen LogP) is 3.65. The van der Waals surface area contributed by atoms with E-state index in [1.165, 1.54) is 27.9 Å². The molecule has 13 heavy (non-hydrogen) atoms. The van der Waals surface area contributed by atoms with Crippen LogP contribution in [-0.2, 0) is 0 Å². The van der Waals surface area contributed by atoms with Gasteiger partial charge in [-0.1, -0.05) is 0 Å². The maximum atomic E-state index is 4.00. The average molecular weight is 175 g/mol. The predicted molar refractivity (Wildman–Crippen MR) is 59.0 cm³/mol. The monoisotopic (exact) mass is 175 g/mol. The van der Waals surface area contributed by atoms with Crippen molar-refractivity contribution in [2.75, 3.05) is 0 Å². The van der Waals surface area contributed by atoms with E-state index in [0.29, 0.717) is 0 Å². The largest absolute Gasteiger partial charge is 0.269 e. The van der Waals surface area contributed by atoms with Gasteiger partial charge in [-0.3, -0.25) is 4.99 Å². The lowest BCUT2D eigenvalue weighted by atomic mass is 10.0. The summed E-state index contributed by atoms with van der Waals surface area (Å²) in [5.41, 5.74) is 7.78. The van der Waals surface area contributed by atoms with Gasteiger partial charge in [-0.2, -0.15) is 0 Å². The second kappa shape index (κ2) is 3.33. The van der Waals surface area contributed by atoms with Crippen LogP contribution >= 0.6 is 0 Å². The molecule has 0 aromatic rings. The molecule has 70 valence electrons. The van der Waals surface area contributed by atoms with E-state index in [0.717, 1.165) is 5.70 Å². The lowest BCUT2D eigenvalue weighted by molar-refractivity contribution is 1.21. The highest BCUT2D eigenvalue weighted by atomic mass is 14.7. The van der Waals surface area contributed by atoms with Gasteiger partial charge in [0.05, 0.1) is 0 Å². The van der Waals surface area contributed by atoms with Crippen molar-refractivity contribution < 1.29 is 0 Å². The number of nitrogens with zero attached hydrogens (tertiary/aromatic N) is 1. The van der Waals surface area contributed by atoms with Crippen LogP contribution in [0.15, 0.2) is 38.6 Å². The summed E-state index contributed by atoms with van der Waals surface area (Å²) in [6.07, 6.45) is 0. The number of hydrogen-bond donors (Lipinski definition) is 0. The van der Waals surface area contributed by atoms with Crippen molar-refractivity contribution in [1.82, 2.24) is 0 Å². The first-order valence-electron chi connectivity index (χ1n) is 4.54. The Labute approximate surface area is 80.6 Å². The Morgan fingerprint density at radius 2 is 1.31 bits per heavy atom. The number of aliphatic imine (C=N–C) groups is 1. The molecule has 0 atom stereocenters. The van der Waals surface area contributed by atoms with Gasteiger partial charge in [0, 0.05) is 11.3 Å². The van der Waals surface area contributed by atoms with E-state index in [2.05, 4.69) is 39.4 Å². The fraction of sp³-hybridized carbons (Fsp3) is 0.417. The Kier molecular flexibility index (Phi) is 2.55. The van der Waals surface area contributed by atoms with E-state index in [4.69, 9.17) is 0 Å². The van der Waals surface area contributed by atoms with Crippen molar-refractivity contribution in [3.05, 3.63) is 33.6 Å². The van der Waals surface area contributed by atoms with Gasteiger partial charge >= 0.3 is 0 Å². The minimum atomic E-state index is 1.03. The van der Waals surface area contributed by atoms with Gasteiger partial charge in [0.1, 0.15) is 0 Å². The minimum absolute atomic E-state index is 1.03.